The van der Waals surface area contributed by atoms with Crippen molar-refractivity contribution in [1.82, 2.24) is 10.2 Å². The fourth-order valence-electron chi connectivity index (χ4n) is 2.50. The molecule has 2 N–H and O–H groups in total. The van der Waals surface area contributed by atoms with Crippen LogP contribution in [-0.2, 0) is 9.59 Å². The Morgan fingerprint density at radius 2 is 2.24 bits per heavy atom. The number of carbonyl (C=O) groups is 3. The van der Waals surface area contributed by atoms with Crippen LogP contribution in [0.15, 0.2) is 17.5 Å². The maximum atomic E-state index is 12.1. The molecule has 7 heteroatoms. The highest BCUT2D eigenvalue weighted by Crippen LogP contribution is 2.29. The molecule has 21 heavy (non-hydrogen) atoms. The number of hydrogen-bond acceptors (Lipinski definition) is 4. The SMILES string of the molecule is CC1(C(=O)O)CCCN1C(=O)CCNC(=O)c1cccs1. The minimum absolute atomic E-state index is 0.111. The third-order valence-electron chi connectivity index (χ3n) is 3.77. The monoisotopic (exact) mass is 310 g/mol. The van der Waals surface area contributed by atoms with Crippen molar-refractivity contribution in [2.75, 3.05) is 13.1 Å². The molecule has 0 spiro atoms. The Labute approximate surface area is 126 Å². The summed E-state index contributed by atoms with van der Waals surface area (Å²) in [5.41, 5.74) is -1.12. The van der Waals surface area contributed by atoms with E-state index in [-0.39, 0.29) is 24.8 Å². The van der Waals surface area contributed by atoms with Gasteiger partial charge in [-0.3, -0.25) is 9.59 Å². The van der Waals surface area contributed by atoms with Crippen molar-refractivity contribution in [3.63, 3.8) is 0 Å². The Kier molecular flexibility index (Phi) is 4.62. The van der Waals surface area contributed by atoms with Crippen LogP contribution in [0.3, 0.4) is 0 Å². The van der Waals surface area contributed by atoms with Crippen LogP contribution in [0.5, 0.6) is 0 Å². The van der Waals surface area contributed by atoms with Crippen molar-refractivity contribution in [2.45, 2.75) is 31.7 Å². The molecule has 114 valence electrons. The molecule has 0 bridgehead atoms. The molecule has 6 nitrogen and oxygen atoms in total. The van der Waals surface area contributed by atoms with Crippen molar-refractivity contribution in [1.29, 1.82) is 0 Å². The number of nitrogens with zero attached hydrogens (tertiary/aromatic N) is 1. The van der Waals surface area contributed by atoms with E-state index in [2.05, 4.69) is 5.32 Å². The van der Waals surface area contributed by atoms with Crippen LogP contribution >= 0.6 is 11.3 Å². The van der Waals surface area contributed by atoms with E-state index in [9.17, 15) is 19.5 Å². The highest BCUT2D eigenvalue weighted by molar-refractivity contribution is 7.12. The van der Waals surface area contributed by atoms with E-state index in [0.717, 1.165) is 0 Å². The number of aliphatic carboxylic acids is 1. The molecule has 1 saturated heterocycles. The smallest absolute Gasteiger partial charge is 0.329 e. The summed E-state index contributed by atoms with van der Waals surface area (Å²) in [6, 6.07) is 3.50. The summed E-state index contributed by atoms with van der Waals surface area (Å²) in [5, 5.41) is 13.7. The number of carbonyl (C=O) groups excluding carboxylic acids is 2. The van der Waals surface area contributed by atoms with Crippen LogP contribution in [0.25, 0.3) is 0 Å². The van der Waals surface area contributed by atoms with Crippen LogP contribution in [0.1, 0.15) is 35.9 Å². The van der Waals surface area contributed by atoms with Crippen molar-refractivity contribution in [2.24, 2.45) is 0 Å². The Balaban J connectivity index is 1.85. The van der Waals surface area contributed by atoms with Gasteiger partial charge in [0.15, 0.2) is 0 Å². The lowest BCUT2D eigenvalue weighted by atomic mass is 9.99. The highest BCUT2D eigenvalue weighted by atomic mass is 32.1. The number of carboxylic acid groups (broad SMARTS) is 1. The summed E-state index contributed by atoms with van der Waals surface area (Å²) >= 11 is 1.33. The van der Waals surface area contributed by atoms with Gasteiger partial charge < -0.3 is 15.3 Å². The molecule has 1 aliphatic rings. The zero-order valence-electron chi connectivity index (χ0n) is 11.8. The predicted octanol–water partition coefficient (Wildman–Crippen LogP) is 1.33. The lowest BCUT2D eigenvalue weighted by Crippen LogP contribution is -2.51. The molecule has 0 aliphatic carbocycles. The number of thiophene rings is 1. The second-order valence-electron chi connectivity index (χ2n) is 5.21. The molecule has 0 aromatic carbocycles. The lowest BCUT2D eigenvalue weighted by molar-refractivity contribution is -0.155. The first kappa shape index (κ1) is 15.5. The first-order valence-electron chi connectivity index (χ1n) is 6.81. The second-order valence-corrected chi connectivity index (χ2v) is 6.16. The van der Waals surface area contributed by atoms with Crippen molar-refractivity contribution in [3.05, 3.63) is 22.4 Å². The molecule has 0 saturated carbocycles. The van der Waals surface area contributed by atoms with Gasteiger partial charge >= 0.3 is 5.97 Å². The van der Waals surface area contributed by atoms with Gasteiger partial charge in [0.25, 0.3) is 5.91 Å². The molecule has 1 unspecified atom stereocenters. The number of likely N-dealkylation sites (tertiary alicyclic amines) is 1. The van der Waals surface area contributed by atoms with E-state index >= 15 is 0 Å². The van der Waals surface area contributed by atoms with E-state index in [1.807, 2.05) is 5.38 Å². The van der Waals surface area contributed by atoms with Gasteiger partial charge in [0.05, 0.1) is 4.88 Å². The number of carboxylic acids is 1. The van der Waals surface area contributed by atoms with Gasteiger partial charge in [-0.05, 0) is 31.2 Å². The Hall–Kier alpha value is -1.89. The molecule has 2 amide bonds. The molecule has 2 heterocycles. The summed E-state index contributed by atoms with van der Waals surface area (Å²) in [7, 11) is 0. The third kappa shape index (κ3) is 3.24. The molecule has 1 atom stereocenters. The minimum atomic E-state index is -1.12. The molecular weight excluding hydrogens is 292 g/mol. The van der Waals surface area contributed by atoms with Gasteiger partial charge in [0, 0.05) is 19.5 Å². The average molecular weight is 310 g/mol. The summed E-state index contributed by atoms with van der Waals surface area (Å²) in [4.78, 5) is 37.2. The average Bonchev–Trinajstić information content (AvgIpc) is 3.08. The van der Waals surface area contributed by atoms with Crippen molar-refractivity contribution >= 4 is 29.1 Å². The van der Waals surface area contributed by atoms with Gasteiger partial charge in [-0.25, -0.2) is 4.79 Å². The van der Waals surface area contributed by atoms with Crippen LogP contribution < -0.4 is 5.32 Å². The van der Waals surface area contributed by atoms with E-state index < -0.39 is 11.5 Å². The van der Waals surface area contributed by atoms with Crippen molar-refractivity contribution < 1.29 is 19.5 Å². The third-order valence-corrected chi connectivity index (χ3v) is 4.64. The number of hydrogen-bond donors (Lipinski definition) is 2. The van der Waals surface area contributed by atoms with Crippen LogP contribution in [0.2, 0.25) is 0 Å². The normalized spacial score (nSPS) is 21.3. The van der Waals surface area contributed by atoms with Crippen LogP contribution in [-0.4, -0.2) is 46.4 Å². The number of nitrogens with one attached hydrogen (secondary N) is 1. The van der Waals surface area contributed by atoms with Crippen LogP contribution in [0.4, 0.5) is 0 Å². The highest BCUT2D eigenvalue weighted by Gasteiger charge is 2.45. The zero-order chi connectivity index (χ0) is 15.5. The quantitative estimate of drug-likeness (QED) is 0.859. The molecule has 1 aromatic rings. The van der Waals surface area contributed by atoms with E-state index in [0.29, 0.717) is 24.3 Å². The zero-order valence-corrected chi connectivity index (χ0v) is 12.6. The topological polar surface area (TPSA) is 86.7 Å². The van der Waals surface area contributed by atoms with Gasteiger partial charge in [-0.2, -0.15) is 0 Å². The summed E-state index contributed by atoms with van der Waals surface area (Å²) in [6.07, 6.45) is 1.27. The van der Waals surface area contributed by atoms with Gasteiger partial charge in [0.2, 0.25) is 5.91 Å². The van der Waals surface area contributed by atoms with E-state index in [4.69, 9.17) is 0 Å². The molecule has 1 aromatic heterocycles. The molecule has 1 aliphatic heterocycles. The number of amides is 2. The molecule has 1 fully saturated rings. The van der Waals surface area contributed by atoms with E-state index in [1.165, 1.54) is 16.2 Å². The first-order chi connectivity index (χ1) is 9.95. The Morgan fingerprint density at radius 1 is 1.48 bits per heavy atom. The minimum Gasteiger partial charge on any atom is -0.480 e. The van der Waals surface area contributed by atoms with Gasteiger partial charge in [-0.15, -0.1) is 11.3 Å². The lowest BCUT2D eigenvalue weighted by Gasteiger charge is -2.31. The maximum Gasteiger partial charge on any atom is 0.329 e. The van der Waals surface area contributed by atoms with Crippen LogP contribution in [0, 0.1) is 0 Å². The Bertz CT molecular complexity index is 543. The number of rotatable bonds is 5. The molecule has 0 radical (unpaired) electrons. The summed E-state index contributed by atoms with van der Waals surface area (Å²) < 4.78 is 0. The maximum absolute atomic E-state index is 12.1. The predicted molar refractivity (Wildman–Crippen MR) is 78.3 cm³/mol. The fraction of sp³-hybridized carbons (Fsp3) is 0.500. The fourth-order valence-corrected chi connectivity index (χ4v) is 3.14. The molecular formula is C14H18N2O4S. The second kappa shape index (κ2) is 6.26. The summed E-state index contributed by atoms with van der Waals surface area (Å²) in [6.45, 7) is 2.24. The largest absolute Gasteiger partial charge is 0.480 e. The van der Waals surface area contributed by atoms with Crippen molar-refractivity contribution in [3.8, 4) is 0 Å². The van der Waals surface area contributed by atoms with Gasteiger partial charge in [-0.1, -0.05) is 6.07 Å². The Morgan fingerprint density at radius 3 is 2.86 bits per heavy atom. The summed E-state index contributed by atoms with van der Waals surface area (Å²) in [5.74, 6) is -1.42. The van der Waals surface area contributed by atoms with Gasteiger partial charge in [0.1, 0.15) is 5.54 Å². The molecule has 2 rings (SSSR count). The standard InChI is InChI=1S/C14H18N2O4S/c1-14(13(19)20)6-3-8-16(14)11(17)5-7-15-12(18)10-4-2-9-21-10/h2,4,9H,3,5-8H2,1H3,(H,15,18)(H,19,20). The first-order valence-corrected chi connectivity index (χ1v) is 7.68. The van der Waals surface area contributed by atoms with E-state index in [1.54, 1.807) is 19.1 Å².